The molecule has 0 atom stereocenters. The highest BCUT2D eigenvalue weighted by Gasteiger charge is 2.14. The molecule has 0 fully saturated rings. The van der Waals surface area contributed by atoms with E-state index in [1.54, 1.807) is 11.3 Å². The van der Waals surface area contributed by atoms with Gasteiger partial charge in [0.15, 0.2) is 5.13 Å². The number of hydrogen-bond donors (Lipinski definition) is 1. The molecule has 18 heavy (non-hydrogen) atoms. The van der Waals surface area contributed by atoms with Gasteiger partial charge in [-0.1, -0.05) is 23.8 Å². The van der Waals surface area contributed by atoms with Crippen LogP contribution in [0.25, 0.3) is 11.3 Å². The summed E-state index contributed by atoms with van der Waals surface area (Å²) in [7, 11) is 4.11. The average Bonchev–Trinajstić information content (AvgIpc) is 2.58. The summed E-state index contributed by atoms with van der Waals surface area (Å²) in [6.07, 6.45) is 0. The van der Waals surface area contributed by atoms with Gasteiger partial charge in [-0.15, -0.1) is 11.3 Å². The monoisotopic (exact) mass is 261 g/mol. The van der Waals surface area contributed by atoms with E-state index in [2.05, 4.69) is 56.0 Å². The summed E-state index contributed by atoms with van der Waals surface area (Å²) in [6.45, 7) is 5.10. The van der Waals surface area contributed by atoms with Crippen LogP contribution in [0.2, 0.25) is 0 Å². The zero-order valence-electron chi connectivity index (χ0n) is 11.3. The molecular weight excluding hydrogens is 242 g/mol. The molecular formula is C14H19N3S. The fourth-order valence-corrected chi connectivity index (χ4v) is 3.02. The third-order valence-corrected chi connectivity index (χ3v) is 3.68. The van der Waals surface area contributed by atoms with E-state index in [-0.39, 0.29) is 0 Å². The zero-order valence-corrected chi connectivity index (χ0v) is 12.1. The van der Waals surface area contributed by atoms with Crippen molar-refractivity contribution in [2.45, 2.75) is 20.4 Å². The number of aryl methyl sites for hydroxylation is 2. The number of benzene rings is 1. The van der Waals surface area contributed by atoms with Crippen LogP contribution < -0.4 is 5.73 Å². The molecule has 4 heteroatoms. The van der Waals surface area contributed by atoms with Gasteiger partial charge in [0.25, 0.3) is 0 Å². The quantitative estimate of drug-likeness (QED) is 0.923. The number of anilines is 1. The number of rotatable bonds is 3. The van der Waals surface area contributed by atoms with Crippen LogP contribution in [0.1, 0.15) is 16.0 Å². The first-order chi connectivity index (χ1) is 8.47. The van der Waals surface area contributed by atoms with Gasteiger partial charge < -0.3 is 10.6 Å². The van der Waals surface area contributed by atoms with E-state index >= 15 is 0 Å². The largest absolute Gasteiger partial charge is 0.375 e. The standard InChI is InChI=1S/C14H19N3S/c1-9-5-6-11(10(2)7-9)13-12(8-17(3)4)18-14(15)16-13/h5-7H,8H2,1-4H3,(H2,15,16). The van der Waals surface area contributed by atoms with Crippen LogP contribution in [0.5, 0.6) is 0 Å². The number of nitrogens with two attached hydrogens (primary N) is 1. The summed E-state index contributed by atoms with van der Waals surface area (Å²) in [5.74, 6) is 0. The third kappa shape index (κ3) is 2.71. The molecule has 0 radical (unpaired) electrons. The SMILES string of the molecule is Cc1ccc(-c2nc(N)sc2CN(C)C)c(C)c1. The molecule has 0 aliphatic heterocycles. The Bertz CT molecular complexity index is 558. The third-order valence-electron chi connectivity index (χ3n) is 2.81. The van der Waals surface area contributed by atoms with Crippen LogP contribution in [-0.4, -0.2) is 24.0 Å². The van der Waals surface area contributed by atoms with Crippen molar-refractivity contribution in [3.05, 3.63) is 34.2 Å². The van der Waals surface area contributed by atoms with Gasteiger partial charge in [0.1, 0.15) is 0 Å². The topological polar surface area (TPSA) is 42.1 Å². The second kappa shape index (κ2) is 5.08. The minimum absolute atomic E-state index is 0.641. The molecule has 0 aliphatic carbocycles. The van der Waals surface area contributed by atoms with E-state index in [1.807, 2.05) is 0 Å². The fourth-order valence-electron chi connectivity index (χ4n) is 2.05. The first-order valence-corrected chi connectivity index (χ1v) is 6.76. The Hall–Kier alpha value is -1.39. The summed E-state index contributed by atoms with van der Waals surface area (Å²) in [5.41, 5.74) is 10.6. The molecule has 1 aromatic heterocycles. The molecule has 0 aliphatic rings. The van der Waals surface area contributed by atoms with Crippen molar-refractivity contribution >= 4 is 16.5 Å². The van der Waals surface area contributed by atoms with Crippen LogP contribution in [-0.2, 0) is 6.54 Å². The van der Waals surface area contributed by atoms with E-state index in [1.165, 1.54) is 21.6 Å². The van der Waals surface area contributed by atoms with Crippen LogP contribution in [0.3, 0.4) is 0 Å². The summed E-state index contributed by atoms with van der Waals surface area (Å²) in [4.78, 5) is 7.86. The maximum Gasteiger partial charge on any atom is 0.180 e. The van der Waals surface area contributed by atoms with Crippen molar-refractivity contribution in [2.75, 3.05) is 19.8 Å². The van der Waals surface area contributed by atoms with Gasteiger partial charge in [0.2, 0.25) is 0 Å². The van der Waals surface area contributed by atoms with Gasteiger partial charge in [-0.25, -0.2) is 4.98 Å². The van der Waals surface area contributed by atoms with E-state index < -0.39 is 0 Å². The van der Waals surface area contributed by atoms with Crippen molar-refractivity contribution in [3.63, 3.8) is 0 Å². The minimum Gasteiger partial charge on any atom is -0.375 e. The Kier molecular flexibility index (Phi) is 3.68. The van der Waals surface area contributed by atoms with Crippen LogP contribution in [0.15, 0.2) is 18.2 Å². The lowest BCUT2D eigenvalue weighted by atomic mass is 10.0. The van der Waals surface area contributed by atoms with Gasteiger partial charge in [0, 0.05) is 17.0 Å². The fraction of sp³-hybridized carbons (Fsp3) is 0.357. The number of hydrogen-bond acceptors (Lipinski definition) is 4. The van der Waals surface area contributed by atoms with E-state index in [9.17, 15) is 0 Å². The second-order valence-corrected chi connectivity index (χ2v) is 6.00. The molecule has 1 heterocycles. The first kappa shape index (κ1) is 13.1. The van der Waals surface area contributed by atoms with Crippen molar-refractivity contribution in [3.8, 4) is 11.3 Å². The lowest BCUT2D eigenvalue weighted by Crippen LogP contribution is -2.10. The van der Waals surface area contributed by atoms with Crippen LogP contribution in [0.4, 0.5) is 5.13 Å². The highest BCUT2D eigenvalue weighted by molar-refractivity contribution is 7.15. The molecule has 0 bridgehead atoms. The molecule has 0 spiro atoms. The summed E-state index contributed by atoms with van der Waals surface area (Å²) in [6, 6.07) is 6.44. The van der Waals surface area contributed by atoms with Crippen molar-refractivity contribution in [1.82, 2.24) is 9.88 Å². The highest BCUT2D eigenvalue weighted by Crippen LogP contribution is 2.32. The lowest BCUT2D eigenvalue weighted by Gasteiger charge is -2.10. The Morgan fingerprint density at radius 2 is 2.00 bits per heavy atom. The molecule has 96 valence electrons. The van der Waals surface area contributed by atoms with Crippen LogP contribution >= 0.6 is 11.3 Å². The number of aromatic nitrogens is 1. The molecule has 2 N–H and O–H groups in total. The zero-order chi connectivity index (χ0) is 13.3. The van der Waals surface area contributed by atoms with E-state index in [0.29, 0.717) is 5.13 Å². The molecule has 1 aromatic carbocycles. The predicted molar refractivity (Wildman–Crippen MR) is 78.8 cm³/mol. The normalized spacial score (nSPS) is 11.2. The molecule has 2 aromatic rings. The molecule has 0 saturated heterocycles. The predicted octanol–water partition coefficient (Wildman–Crippen LogP) is 3.07. The Morgan fingerprint density at radius 3 is 2.61 bits per heavy atom. The van der Waals surface area contributed by atoms with Gasteiger partial charge in [-0.05, 0) is 33.5 Å². The minimum atomic E-state index is 0.641. The molecule has 3 nitrogen and oxygen atoms in total. The summed E-state index contributed by atoms with van der Waals surface area (Å²) < 4.78 is 0. The second-order valence-electron chi connectivity index (χ2n) is 4.88. The number of thiazole rings is 1. The maximum absolute atomic E-state index is 5.86. The lowest BCUT2D eigenvalue weighted by molar-refractivity contribution is 0.406. The Morgan fingerprint density at radius 1 is 1.28 bits per heavy atom. The maximum atomic E-state index is 5.86. The van der Waals surface area contributed by atoms with Gasteiger partial charge in [-0.2, -0.15) is 0 Å². The van der Waals surface area contributed by atoms with E-state index in [0.717, 1.165) is 12.2 Å². The first-order valence-electron chi connectivity index (χ1n) is 5.95. The average molecular weight is 261 g/mol. The number of nitrogens with zero attached hydrogens (tertiary/aromatic N) is 2. The van der Waals surface area contributed by atoms with Gasteiger partial charge >= 0.3 is 0 Å². The Balaban J connectivity index is 2.49. The number of nitrogen functional groups attached to an aromatic ring is 1. The molecule has 0 amide bonds. The van der Waals surface area contributed by atoms with Crippen LogP contribution in [0, 0.1) is 13.8 Å². The van der Waals surface area contributed by atoms with Gasteiger partial charge in [-0.3, -0.25) is 0 Å². The van der Waals surface area contributed by atoms with E-state index in [4.69, 9.17) is 5.73 Å². The van der Waals surface area contributed by atoms with Gasteiger partial charge in [0.05, 0.1) is 5.69 Å². The highest BCUT2D eigenvalue weighted by atomic mass is 32.1. The molecule has 2 rings (SSSR count). The smallest absolute Gasteiger partial charge is 0.180 e. The molecule has 0 unspecified atom stereocenters. The molecule has 0 saturated carbocycles. The van der Waals surface area contributed by atoms with Crippen molar-refractivity contribution < 1.29 is 0 Å². The Labute approximate surface area is 112 Å². The van der Waals surface area contributed by atoms with Crippen molar-refractivity contribution in [1.29, 1.82) is 0 Å². The van der Waals surface area contributed by atoms with Crippen molar-refractivity contribution in [2.24, 2.45) is 0 Å². The summed E-state index contributed by atoms with van der Waals surface area (Å²) in [5, 5.41) is 0.641. The summed E-state index contributed by atoms with van der Waals surface area (Å²) >= 11 is 1.58.